The smallest absolute Gasteiger partial charge is 0.308 e. The highest BCUT2D eigenvalue weighted by atomic mass is 16.1. The van der Waals surface area contributed by atoms with Gasteiger partial charge in [-0.15, -0.1) is 4.68 Å². The summed E-state index contributed by atoms with van der Waals surface area (Å²) in [6.07, 6.45) is 0. The first-order valence-electron chi connectivity index (χ1n) is 6.77. The molecule has 106 valence electrons. The Morgan fingerprint density at radius 2 is 1.95 bits per heavy atom. The van der Waals surface area contributed by atoms with Crippen LogP contribution in [0, 0.1) is 6.92 Å². The first-order valence-corrected chi connectivity index (χ1v) is 6.77. The lowest BCUT2D eigenvalue weighted by Crippen LogP contribution is -2.42. The zero-order valence-electron chi connectivity index (χ0n) is 12.1. The molecule has 0 bridgehead atoms. The second-order valence-corrected chi connectivity index (χ2v) is 5.10. The quantitative estimate of drug-likeness (QED) is 0.586. The largest absolute Gasteiger partial charge is 0.342 e. The van der Waals surface area contributed by atoms with Crippen LogP contribution in [0.5, 0.6) is 0 Å². The predicted molar refractivity (Wildman–Crippen MR) is 80.8 cm³/mol. The molecule has 2 N–H and O–H groups in total. The van der Waals surface area contributed by atoms with Crippen molar-refractivity contribution in [2.45, 2.75) is 13.5 Å². The third-order valence-corrected chi connectivity index (χ3v) is 3.67. The summed E-state index contributed by atoms with van der Waals surface area (Å²) in [6.45, 7) is 2.04. The van der Waals surface area contributed by atoms with Gasteiger partial charge in [0.05, 0.1) is 7.05 Å². The number of carbonyl (C=O) groups excluding carboxylic acids is 1. The van der Waals surface area contributed by atoms with Crippen molar-refractivity contribution in [2.24, 2.45) is 7.05 Å². The van der Waals surface area contributed by atoms with Crippen LogP contribution >= 0.6 is 0 Å². The lowest BCUT2D eigenvalue weighted by Gasteiger charge is -2.04. The number of nitrogens with two attached hydrogens (primary N) is 1. The fourth-order valence-corrected chi connectivity index (χ4v) is 2.46. The molecule has 1 aromatic heterocycles. The molecular formula is C16H17N4O+. The molecule has 0 spiro atoms. The molecule has 0 aliphatic carbocycles. The van der Waals surface area contributed by atoms with Gasteiger partial charge in [0.2, 0.25) is 5.82 Å². The lowest BCUT2D eigenvalue weighted by molar-refractivity contribution is -0.675. The third-order valence-electron chi connectivity index (χ3n) is 3.67. The minimum atomic E-state index is 0.0218. The number of anilines is 1. The number of nitrogen functional groups attached to an aromatic ring is 1. The van der Waals surface area contributed by atoms with E-state index in [0.29, 0.717) is 11.5 Å². The molecule has 3 aromatic rings. The number of fused-ring (bicyclic) bond motifs is 1. The number of benzene rings is 2. The minimum absolute atomic E-state index is 0.0218. The summed E-state index contributed by atoms with van der Waals surface area (Å²) in [5.74, 6) is 1.22. The molecular weight excluding hydrogens is 264 g/mol. The Hall–Kier alpha value is -2.69. The maximum absolute atomic E-state index is 12.5. The highest BCUT2D eigenvalue weighted by Crippen LogP contribution is 2.16. The predicted octanol–water partition coefficient (Wildman–Crippen LogP) is 1.63. The molecule has 0 atom stereocenters. The highest BCUT2D eigenvalue weighted by molar-refractivity contribution is 5.99. The Balaban J connectivity index is 1.93. The van der Waals surface area contributed by atoms with Crippen molar-refractivity contribution in [2.75, 3.05) is 5.73 Å². The normalized spacial score (nSPS) is 11.0. The maximum atomic E-state index is 12.5. The number of hydrogen-bond acceptors (Lipinski definition) is 3. The van der Waals surface area contributed by atoms with E-state index < -0.39 is 0 Å². The zero-order chi connectivity index (χ0) is 15.0. The van der Waals surface area contributed by atoms with Gasteiger partial charge in [-0.1, -0.05) is 36.4 Å². The second-order valence-electron chi connectivity index (χ2n) is 5.10. The summed E-state index contributed by atoms with van der Waals surface area (Å²) in [5.41, 5.74) is 6.62. The third kappa shape index (κ3) is 2.38. The fraction of sp³-hybridized carbons (Fsp3) is 0.188. The van der Waals surface area contributed by atoms with Gasteiger partial charge >= 0.3 is 5.95 Å². The molecule has 0 aliphatic rings. The molecule has 0 radical (unpaired) electrons. The van der Waals surface area contributed by atoms with E-state index in [2.05, 4.69) is 5.10 Å². The van der Waals surface area contributed by atoms with Crippen molar-refractivity contribution in [1.82, 2.24) is 9.78 Å². The van der Waals surface area contributed by atoms with Crippen LogP contribution in [0.15, 0.2) is 42.5 Å². The van der Waals surface area contributed by atoms with Crippen molar-refractivity contribution in [3.8, 4) is 0 Å². The highest BCUT2D eigenvalue weighted by Gasteiger charge is 2.19. The van der Waals surface area contributed by atoms with Gasteiger partial charge in [0, 0.05) is 12.5 Å². The molecule has 5 nitrogen and oxygen atoms in total. The molecule has 0 saturated carbocycles. The Kier molecular flexibility index (Phi) is 3.17. The maximum Gasteiger partial charge on any atom is 0.342 e. The first-order chi connectivity index (χ1) is 10.1. The number of nitrogens with zero attached hydrogens (tertiary/aromatic N) is 3. The van der Waals surface area contributed by atoms with Crippen LogP contribution in [0.1, 0.15) is 16.2 Å². The number of rotatable bonds is 3. The Labute approximate surface area is 122 Å². The van der Waals surface area contributed by atoms with Crippen molar-refractivity contribution < 1.29 is 9.36 Å². The van der Waals surface area contributed by atoms with Crippen molar-refractivity contribution in [3.63, 3.8) is 0 Å². The van der Waals surface area contributed by atoms with Gasteiger partial charge in [-0.3, -0.25) is 4.79 Å². The topological polar surface area (TPSA) is 64.8 Å². The van der Waals surface area contributed by atoms with E-state index in [1.807, 2.05) is 49.4 Å². The van der Waals surface area contributed by atoms with E-state index in [0.717, 1.165) is 16.6 Å². The van der Waals surface area contributed by atoms with Crippen molar-refractivity contribution in [1.29, 1.82) is 0 Å². The molecule has 1 heterocycles. The minimum Gasteiger partial charge on any atom is -0.308 e. The molecule has 3 rings (SSSR count). The Morgan fingerprint density at radius 3 is 2.62 bits per heavy atom. The summed E-state index contributed by atoms with van der Waals surface area (Å²) in [5, 5.41) is 6.39. The Morgan fingerprint density at radius 1 is 1.24 bits per heavy atom. The molecule has 0 aliphatic heterocycles. The van der Waals surface area contributed by atoms with Gasteiger partial charge in [-0.25, -0.2) is 4.57 Å². The van der Waals surface area contributed by atoms with E-state index in [1.54, 1.807) is 16.3 Å². The van der Waals surface area contributed by atoms with Crippen LogP contribution in [0.4, 0.5) is 5.95 Å². The summed E-state index contributed by atoms with van der Waals surface area (Å²) >= 11 is 0. The summed E-state index contributed by atoms with van der Waals surface area (Å²) in [6, 6.07) is 13.7. The molecule has 0 unspecified atom stereocenters. The van der Waals surface area contributed by atoms with Gasteiger partial charge in [-0.2, -0.15) is 0 Å². The van der Waals surface area contributed by atoms with Gasteiger partial charge in [0.25, 0.3) is 0 Å². The first kappa shape index (κ1) is 13.3. The number of aromatic nitrogens is 3. The molecule has 0 saturated heterocycles. The van der Waals surface area contributed by atoms with Crippen molar-refractivity contribution in [3.05, 3.63) is 53.9 Å². The van der Waals surface area contributed by atoms with Gasteiger partial charge in [0.1, 0.15) is 6.54 Å². The average molecular weight is 281 g/mol. The number of Topliss-reactive ketones (excluding diaryl/α,β-unsaturated/α-hetero) is 1. The van der Waals surface area contributed by atoms with E-state index in [9.17, 15) is 4.79 Å². The lowest BCUT2D eigenvalue weighted by atomic mass is 10.0. The van der Waals surface area contributed by atoms with Gasteiger partial charge in [-0.05, 0) is 21.9 Å². The van der Waals surface area contributed by atoms with Crippen LogP contribution in [0.25, 0.3) is 10.8 Å². The van der Waals surface area contributed by atoms with Crippen LogP contribution in [-0.4, -0.2) is 15.6 Å². The van der Waals surface area contributed by atoms with Crippen LogP contribution in [0.2, 0.25) is 0 Å². The number of ketones is 1. The van der Waals surface area contributed by atoms with Crippen molar-refractivity contribution >= 4 is 22.5 Å². The average Bonchev–Trinajstić information content (AvgIpc) is 2.73. The van der Waals surface area contributed by atoms with Gasteiger partial charge < -0.3 is 5.73 Å². The standard InChI is InChI=1S/C16H16N4O/c1-11-18-19(2)16(17)20(11)10-15(21)14-8-7-12-5-3-4-6-13(12)9-14/h3-9,17H,10H2,1-2H3/p+1. The zero-order valence-corrected chi connectivity index (χ0v) is 12.1. The van der Waals surface area contributed by atoms with E-state index in [-0.39, 0.29) is 12.3 Å². The summed E-state index contributed by atoms with van der Waals surface area (Å²) in [4.78, 5) is 12.5. The van der Waals surface area contributed by atoms with Crippen LogP contribution in [-0.2, 0) is 13.6 Å². The molecule has 2 aromatic carbocycles. The summed E-state index contributed by atoms with van der Waals surface area (Å²) < 4.78 is 3.29. The van der Waals surface area contributed by atoms with E-state index in [1.165, 1.54) is 0 Å². The molecule has 5 heteroatoms. The summed E-state index contributed by atoms with van der Waals surface area (Å²) in [7, 11) is 1.76. The SMILES string of the molecule is Cc1nn(C)c(N)[n+]1CC(=O)c1ccc2ccccc2c1. The number of aryl methyl sites for hydroxylation is 2. The number of carbonyl (C=O) groups is 1. The van der Waals surface area contributed by atoms with Crippen LogP contribution in [0.3, 0.4) is 0 Å². The van der Waals surface area contributed by atoms with E-state index >= 15 is 0 Å². The van der Waals surface area contributed by atoms with E-state index in [4.69, 9.17) is 5.73 Å². The molecule has 0 amide bonds. The second kappa shape index (κ2) is 5.01. The fourth-order valence-electron chi connectivity index (χ4n) is 2.46. The molecule has 21 heavy (non-hydrogen) atoms. The molecule has 0 fully saturated rings. The Bertz CT molecular complexity index is 835. The van der Waals surface area contributed by atoms with Crippen LogP contribution < -0.4 is 10.3 Å². The number of hydrogen-bond donors (Lipinski definition) is 1. The van der Waals surface area contributed by atoms with Gasteiger partial charge in [0.15, 0.2) is 5.78 Å². The monoisotopic (exact) mass is 281 g/mol.